The van der Waals surface area contributed by atoms with Crippen LogP contribution < -0.4 is 16.4 Å². The van der Waals surface area contributed by atoms with Crippen molar-refractivity contribution in [2.45, 2.75) is 77.3 Å². The number of aliphatic hydroxyl groups excluding tert-OH is 3. The number of phosphoric acid groups is 3. The Morgan fingerprint density at radius 2 is 1.71 bits per heavy atom. The molecular weight excluding hydrogens is 835 g/mol. The first-order valence-electron chi connectivity index (χ1n) is 16.6. The van der Waals surface area contributed by atoms with Gasteiger partial charge < -0.3 is 56.0 Å². The Labute approximate surface area is 323 Å². The normalized spacial score (nSPS) is 22.8. The van der Waals surface area contributed by atoms with Gasteiger partial charge in [-0.3, -0.25) is 32.5 Å². The second-order valence-electron chi connectivity index (χ2n) is 13.0. The van der Waals surface area contributed by atoms with Crippen LogP contribution in [-0.4, -0.2) is 134 Å². The van der Waals surface area contributed by atoms with E-state index in [9.17, 15) is 63.0 Å². The van der Waals surface area contributed by atoms with Gasteiger partial charge in [-0.2, -0.15) is 4.31 Å². The molecule has 3 rings (SSSR count). The van der Waals surface area contributed by atoms with Gasteiger partial charge in [0.25, 0.3) is 0 Å². The Morgan fingerprint density at radius 1 is 1.05 bits per heavy atom. The average Bonchev–Trinajstić information content (AvgIpc) is 3.67. The summed E-state index contributed by atoms with van der Waals surface area (Å²) in [6.45, 7) is 3.72. The van der Waals surface area contributed by atoms with Gasteiger partial charge in [-0.15, -0.1) is 0 Å². The number of phosphoric ester groups is 3. The number of ether oxygens (including phenoxy) is 1. The summed E-state index contributed by atoms with van der Waals surface area (Å²) < 4.78 is 62.0. The molecule has 25 nitrogen and oxygen atoms in total. The van der Waals surface area contributed by atoms with Gasteiger partial charge in [-0.25, -0.2) is 28.6 Å². The maximum atomic E-state index is 12.7. The fourth-order valence-corrected chi connectivity index (χ4v) is 8.58. The Hall–Kier alpha value is -2.48. The Kier molecular flexibility index (Phi) is 17.1. The minimum absolute atomic E-state index is 0.0259. The Bertz CT molecular complexity index is 1830. The summed E-state index contributed by atoms with van der Waals surface area (Å²) in [5, 5.41) is 35.8. The number of anilines is 1. The van der Waals surface area contributed by atoms with Crippen molar-refractivity contribution in [3.8, 4) is 0 Å². The molecule has 0 bridgehead atoms. The quantitative estimate of drug-likeness (QED) is 0.0504. The molecule has 1 aliphatic rings. The van der Waals surface area contributed by atoms with E-state index in [1.165, 1.54) is 13.8 Å². The molecule has 0 spiro atoms. The number of nitrogens with two attached hydrogens (primary N) is 1. The molecule has 29 heteroatoms. The third-order valence-electron chi connectivity index (χ3n) is 8.11. The smallest absolute Gasteiger partial charge is 0.392 e. The van der Waals surface area contributed by atoms with E-state index >= 15 is 0 Å². The molecule has 11 N–H and O–H groups in total. The first-order chi connectivity index (χ1) is 25.9. The van der Waals surface area contributed by atoms with Gasteiger partial charge in [0.2, 0.25) is 11.8 Å². The van der Waals surface area contributed by atoms with Crippen molar-refractivity contribution in [3.05, 3.63) is 12.7 Å². The lowest BCUT2D eigenvalue weighted by atomic mass is 9.87. The largest absolute Gasteiger partial charge is 0.481 e. The summed E-state index contributed by atoms with van der Waals surface area (Å²) in [5.74, 6) is -1.82. The predicted octanol–water partition coefficient (Wildman–Crippen LogP) is -0.928. The molecule has 2 amide bonds. The lowest BCUT2D eigenvalue weighted by molar-refractivity contribution is -0.137. The highest BCUT2D eigenvalue weighted by Crippen LogP contribution is 2.61. The van der Waals surface area contributed by atoms with Crippen LogP contribution in [0.4, 0.5) is 5.82 Å². The van der Waals surface area contributed by atoms with Gasteiger partial charge >= 0.3 is 23.5 Å². The number of nitrogen functional groups attached to an aromatic ring is 1. The fourth-order valence-electron chi connectivity index (χ4n) is 4.92. The highest BCUT2D eigenvalue weighted by molar-refractivity contribution is 8.13. The van der Waals surface area contributed by atoms with E-state index in [1.54, 1.807) is 13.8 Å². The predicted molar refractivity (Wildman–Crippen MR) is 193 cm³/mol. The molecule has 1 aliphatic heterocycles. The number of nitrogens with zero attached hydrogens (tertiary/aromatic N) is 4. The van der Waals surface area contributed by atoms with Crippen LogP contribution in [0.2, 0.25) is 0 Å². The van der Waals surface area contributed by atoms with E-state index in [2.05, 4.69) is 34.4 Å². The van der Waals surface area contributed by atoms with Crippen LogP contribution in [0.15, 0.2) is 12.7 Å². The van der Waals surface area contributed by atoms with Gasteiger partial charge in [0.05, 0.1) is 31.6 Å². The van der Waals surface area contributed by atoms with Crippen LogP contribution in [-0.2, 0) is 50.7 Å². The summed E-state index contributed by atoms with van der Waals surface area (Å²) in [5.41, 5.74) is 4.23. The average molecular weight is 882 g/mol. The highest BCUT2D eigenvalue weighted by Gasteiger charge is 2.50. The van der Waals surface area contributed by atoms with E-state index in [0.717, 1.165) is 29.0 Å². The van der Waals surface area contributed by atoms with Crippen LogP contribution in [0, 0.1) is 11.3 Å². The van der Waals surface area contributed by atoms with E-state index in [4.69, 9.17) is 19.5 Å². The zero-order chi connectivity index (χ0) is 42.2. The molecule has 1 fully saturated rings. The van der Waals surface area contributed by atoms with Crippen molar-refractivity contribution in [1.82, 2.24) is 30.2 Å². The first-order valence-corrected chi connectivity index (χ1v) is 22.1. The van der Waals surface area contributed by atoms with Crippen LogP contribution >= 0.6 is 35.2 Å². The molecule has 1 saturated heterocycles. The summed E-state index contributed by atoms with van der Waals surface area (Å²) in [6.07, 6.45) is -7.33. The van der Waals surface area contributed by atoms with Crippen LogP contribution in [0.25, 0.3) is 11.2 Å². The number of nitrogens with one attached hydrogen (secondary N) is 2. The maximum absolute atomic E-state index is 12.7. The third-order valence-corrected chi connectivity index (χ3v) is 12.3. The lowest BCUT2D eigenvalue weighted by Gasteiger charge is -2.30. The van der Waals surface area contributed by atoms with Crippen molar-refractivity contribution >= 4 is 69.1 Å². The number of fused-ring (bicyclic) bond motifs is 1. The number of rotatable bonds is 22. The monoisotopic (exact) mass is 881 g/mol. The van der Waals surface area contributed by atoms with E-state index in [1.807, 2.05) is 0 Å². The van der Waals surface area contributed by atoms with E-state index < -0.39 is 96.6 Å². The number of aromatic nitrogens is 4. The standard InChI is InChI=1S/C27H46N7O18P3S/c1-5-15(35)14(2)26(40)56-9-8-29-17(36)6-7-30-24(39)21(38)27(3,4)11-49-55(46,47)52-54(44,45)48-10-16-20(51-53(41,42)43)19(37)25(50-16)34-13-33-18-22(28)31-12-32-23(18)34/h12-16,19-21,25,35,37-38H,5-11H2,1-4H3,(H,29,36)(H,30,39)(H,44,45)(H,46,47)(H2,28,31,32)(H2,41,42,43)/t14?,15?,16-,19-,20-,21+,25-/m1/s1. The van der Waals surface area contributed by atoms with Gasteiger partial charge in [0.15, 0.2) is 22.8 Å². The number of hydrogen-bond donors (Lipinski definition) is 10. The molecular formula is C27H46N7O18P3S. The molecule has 0 saturated carbocycles. The van der Waals surface area contributed by atoms with E-state index in [0.29, 0.717) is 6.42 Å². The molecule has 318 valence electrons. The number of carbonyl (C=O) groups excluding carboxylic acids is 3. The summed E-state index contributed by atoms with van der Waals surface area (Å²) in [6, 6.07) is 0. The van der Waals surface area contributed by atoms with Crippen molar-refractivity contribution in [1.29, 1.82) is 0 Å². The zero-order valence-corrected chi connectivity index (χ0v) is 33.9. The summed E-state index contributed by atoms with van der Waals surface area (Å²) >= 11 is 0.962. The van der Waals surface area contributed by atoms with Crippen LogP contribution in [0.5, 0.6) is 0 Å². The fraction of sp³-hybridized carbons (Fsp3) is 0.704. The molecule has 2 aromatic rings. The molecule has 3 heterocycles. The molecule has 0 radical (unpaired) electrons. The summed E-state index contributed by atoms with van der Waals surface area (Å²) in [7, 11) is -16.4. The van der Waals surface area contributed by atoms with Gasteiger partial charge in [-0.05, 0) is 6.42 Å². The molecule has 4 unspecified atom stereocenters. The van der Waals surface area contributed by atoms with Crippen LogP contribution in [0.1, 0.15) is 46.8 Å². The van der Waals surface area contributed by atoms with Crippen LogP contribution in [0.3, 0.4) is 0 Å². The SMILES string of the molecule is CCC(O)C(C)C(=O)SCCNC(=O)CCNC(=O)[C@H](O)C(C)(C)COP(=O)(O)OP(=O)(O)OC[C@H]1O[C@@H](n2cnc3c(N)ncnc32)[C@H](O)[C@@H]1OP(=O)(O)O. The highest BCUT2D eigenvalue weighted by atomic mass is 32.2. The molecule has 2 aromatic heterocycles. The molecule has 0 aromatic carbocycles. The van der Waals surface area contributed by atoms with Crippen molar-refractivity contribution in [3.63, 3.8) is 0 Å². The topological polar surface area (TPSA) is 384 Å². The van der Waals surface area contributed by atoms with Gasteiger partial charge in [0, 0.05) is 30.7 Å². The van der Waals surface area contributed by atoms with E-state index in [-0.39, 0.29) is 47.4 Å². The molecule has 0 aliphatic carbocycles. The van der Waals surface area contributed by atoms with Gasteiger partial charge in [-0.1, -0.05) is 39.5 Å². The Balaban J connectivity index is 1.49. The molecule has 9 atom stereocenters. The number of thioether (sulfide) groups is 1. The second kappa shape index (κ2) is 20.0. The minimum Gasteiger partial charge on any atom is -0.392 e. The minimum atomic E-state index is -5.58. The van der Waals surface area contributed by atoms with Crippen molar-refractivity contribution in [2.75, 3.05) is 37.8 Å². The van der Waals surface area contributed by atoms with Crippen molar-refractivity contribution < 1.29 is 85.6 Å². The Morgan fingerprint density at radius 3 is 2.36 bits per heavy atom. The zero-order valence-electron chi connectivity index (χ0n) is 30.4. The second-order valence-corrected chi connectivity index (χ2v) is 18.3. The number of amides is 2. The van der Waals surface area contributed by atoms with Crippen molar-refractivity contribution in [2.24, 2.45) is 11.3 Å². The number of aliphatic hydroxyl groups is 3. The summed E-state index contributed by atoms with van der Waals surface area (Å²) in [4.78, 5) is 87.6. The first kappa shape index (κ1) is 47.9. The maximum Gasteiger partial charge on any atom is 0.481 e. The van der Waals surface area contributed by atoms with Gasteiger partial charge in [0.1, 0.15) is 36.3 Å². The number of hydrogen-bond acceptors (Lipinski definition) is 19. The third kappa shape index (κ3) is 13.8. The number of carbonyl (C=O) groups is 3. The lowest BCUT2D eigenvalue weighted by Crippen LogP contribution is -2.46. The number of imidazole rings is 1. The molecule has 56 heavy (non-hydrogen) atoms.